The fraction of sp³-hybridized carbons (Fsp3) is 0.118. The van der Waals surface area contributed by atoms with Gasteiger partial charge in [-0.1, -0.05) is 0 Å². The van der Waals surface area contributed by atoms with Crippen molar-refractivity contribution in [1.29, 1.82) is 0 Å². The molecule has 0 saturated heterocycles. The fourth-order valence-electron chi connectivity index (χ4n) is 2.48. The van der Waals surface area contributed by atoms with E-state index in [0.29, 0.717) is 11.4 Å². The number of rotatable bonds is 3. The van der Waals surface area contributed by atoms with Crippen molar-refractivity contribution in [1.82, 2.24) is 9.97 Å². The Labute approximate surface area is 146 Å². The molecule has 0 aromatic carbocycles. The minimum atomic E-state index is -0.976. The summed E-state index contributed by atoms with van der Waals surface area (Å²) in [4.78, 5) is 22.0. The van der Waals surface area contributed by atoms with Crippen LogP contribution in [0.1, 0.15) is 10.4 Å². The Morgan fingerprint density at radius 2 is 1.96 bits per heavy atom. The molecule has 0 amide bonds. The van der Waals surface area contributed by atoms with Gasteiger partial charge in [-0.3, -0.25) is 9.97 Å². The van der Waals surface area contributed by atoms with E-state index in [0.717, 1.165) is 33.4 Å². The minimum absolute atomic E-state index is 0.199. The zero-order valence-electron chi connectivity index (χ0n) is 12.4. The van der Waals surface area contributed by atoms with Crippen molar-refractivity contribution in [2.24, 2.45) is 0 Å². The normalized spacial score (nSPS) is 13.2. The Morgan fingerprint density at radius 1 is 1.17 bits per heavy atom. The first-order valence-corrected chi connectivity index (χ1v) is 9.12. The maximum atomic E-state index is 11.1. The highest BCUT2D eigenvalue weighted by Crippen LogP contribution is 2.46. The van der Waals surface area contributed by atoms with E-state index >= 15 is 0 Å². The fourth-order valence-corrected chi connectivity index (χ4v) is 4.63. The average Bonchev–Trinajstić information content (AvgIpc) is 3.06. The van der Waals surface area contributed by atoms with Gasteiger partial charge in [0.15, 0.2) is 0 Å². The zero-order chi connectivity index (χ0) is 16.5. The van der Waals surface area contributed by atoms with Gasteiger partial charge in [-0.2, -0.15) is 0 Å². The molecule has 5 nitrogen and oxygen atoms in total. The van der Waals surface area contributed by atoms with Crippen molar-refractivity contribution in [2.75, 3.05) is 12.4 Å². The monoisotopic (exact) mass is 356 g/mol. The van der Waals surface area contributed by atoms with Gasteiger partial charge in [0.1, 0.15) is 5.75 Å². The molecule has 4 heterocycles. The van der Waals surface area contributed by atoms with Crippen LogP contribution < -0.4 is 4.74 Å². The minimum Gasteiger partial charge on any atom is -0.491 e. The zero-order valence-corrected chi connectivity index (χ0v) is 14.1. The first kappa shape index (κ1) is 15.2. The van der Waals surface area contributed by atoms with E-state index in [1.807, 2.05) is 17.5 Å². The lowest BCUT2D eigenvalue weighted by atomic mass is 10.1. The van der Waals surface area contributed by atoms with Crippen LogP contribution in [0, 0.1) is 0 Å². The molecule has 0 spiro atoms. The molecule has 0 fully saturated rings. The average molecular weight is 356 g/mol. The van der Waals surface area contributed by atoms with Gasteiger partial charge in [0.05, 0.1) is 33.3 Å². The van der Waals surface area contributed by atoms with Gasteiger partial charge in [-0.15, -0.1) is 23.1 Å². The van der Waals surface area contributed by atoms with Gasteiger partial charge in [-0.25, -0.2) is 4.79 Å². The summed E-state index contributed by atoms with van der Waals surface area (Å²) in [5, 5.41) is 11.2. The Kier molecular flexibility index (Phi) is 3.95. The van der Waals surface area contributed by atoms with Crippen LogP contribution in [-0.4, -0.2) is 33.4 Å². The number of carboxylic acids is 1. The van der Waals surface area contributed by atoms with E-state index in [4.69, 9.17) is 9.84 Å². The standard InChI is InChI=1S/C17H12N2O3S2/c20-17(21)11-2-4-19-13(8-11)12-7-10(1-3-18-12)15-16-14(9-24-15)22-5-6-23-16/h1-4,7-9H,5-6H2,(H,20,21). The van der Waals surface area contributed by atoms with Crippen LogP contribution in [0.5, 0.6) is 5.75 Å². The topological polar surface area (TPSA) is 72.3 Å². The first-order chi connectivity index (χ1) is 11.7. The number of thiophene rings is 1. The Hall–Kier alpha value is -2.38. The number of nitrogens with zero attached hydrogens (tertiary/aromatic N) is 2. The predicted molar refractivity (Wildman–Crippen MR) is 94.0 cm³/mol. The lowest BCUT2D eigenvalue weighted by Gasteiger charge is -2.14. The summed E-state index contributed by atoms with van der Waals surface area (Å²) in [5.74, 6) is 0.906. The van der Waals surface area contributed by atoms with Crippen molar-refractivity contribution < 1.29 is 14.6 Å². The third-order valence-corrected chi connectivity index (χ3v) is 5.79. The van der Waals surface area contributed by atoms with Gasteiger partial charge in [0.25, 0.3) is 0 Å². The second kappa shape index (κ2) is 6.26. The number of hydrogen-bond acceptors (Lipinski definition) is 6. The van der Waals surface area contributed by atoms with Crippen molar-refractivity contribution in [2.45, 2.75) is 4.90 Å². The van der Waals surface area contributed by atoms with Crippen LogP contribution in [0.4, 0.5) is 0 Å². The maximum Gasteiger partial charge on any atom is 0.335 e. The molecular formula is C17H12N2O3S2. The molecule has 0 bridgehead atoms. The number of carbonyl (C=O) groups is 1. The molecule has 3 aromatic rings. The lowest BCUT2D eigenvalue weighted by Crippen LogP contribution is -2.04. The number of ether oxygens (including phenoxy) is 1. The van der Waals surface area contributed by atoms with Gasteiger partial charge in [0, 0.05) is 23.5 Å². The van der Waals surface area contributed by atoms with E-state index in [-0.39, 0.29) is 5.56 Å². The maximum absolute atomic E-state index is 11.1. The number of pyridine rings is 2. The second-order valence-corrected chi connectivity index (χ2v) is 7.10. The molecule has 0 atom stereocenters. The van der Waals surface area contributed by atoms with Crippen LogP contribution in [0.3, 0.4) is 0 Å². The summed E-state index contributed by atoms with van der Waals surface area (Å²) in [6, 6.07) is 6.90. The van der Waals surface area contributed by atoms with Crippen molar-refractivity contribution in [3.63, 3.8) is 0 Å². The van der Waals surface area contributed by atoms with Gasteiger partial charge in [-0.05, 0) is 29.8 Å². The summed E-state index contributed by atoms with van der Waals surface area (Å²) in [5.41, 5.74) is 2.43. The second-order valence-electron chi connectivity index (χ2n) is 5.12. The summed E-state index contributed by atoms with van der Waals surface area (Å²) >= 11 is 3.44. The smallest absolute Gasteiger partial charge is 0.335 e. The highest BCUT2D eigenvalue weighted by atomic mass is 32.2. The van der Waals surface area contributed by atoms with E-state index in [2.05, 4.69) is 9.97 Å². The molecule has 0 saturated carbocycles. The van der Waals surface area contributed by atoms with E-state index in [1.54, 1.807) is 29.3 Å². The molecule has 24 heavy (non-hydrogen) atoms. The number of aromatic carboxylic acids is 1. The molecule has 120 valence electrons. The Morgan fingerprint density at radius 3 is 2.79 bits per heavy atom. The Bertz CT molecular complexity index is 924. The number of aromatic nitrogens is 2. The van der Waals surface area contributed by atoms with Crippen LogP contribution in [0.25, 0.3) is 21.8 Å². The molecule has 0 unspecified atom stereocenters. The van der Waals surface area contributed by atoms with E-state index in [1.165, 1.54) is 18.3 Å². The van der Waals surface area contributed by atoms with Gasteiger partial charge >= 0.3 is 5.97 Å². The van der Waals surface area contributed by atoms with E-state index in [9.17, 15) is 4.79 Å². The van der Waals surface area contributed by atoms with Gasteiger partial charge < -0.3 is 9.84 Å². The van der Waals surface area contributed by atoms with Crippen LogP contribution in [0.15, 0.2) is 46.9 Å². The molecule has 7 heteroatoms. The quantitative estimate of drug-likeness (QED) is 0.763. The highest BCUT2D eigenvalue weighted by molar-refractivity contribution is 7.99. The summed E-state index contributed by atoms with van der Waals surface area (Å²) < 4.78 is 5.68. The molecule has 1 aliphatic heterocycles. The van der Waals surface area contributed by atoms with Crippen LogP contribution in [0.2, 0.25) is 0 Å². The van der Waals surface area contributed by atoms with Crippen molar-refractivity contribution >= 4 is 29.1 Å². The SMILES string of the molecule is O=C(O)c1ccnc(-c2cc(-c3scc4c3SCCO4)ccn2)c1. The molecule has 1 aliphatic rings. The third kappa shape index (κ3) is 2.76. The highest BCUT2D eigenvalue weighted by Gasteiger charge is 2.19. The largest absolute Gasteiger partial charge is 0.491 e. The first-order valence-electron chi connectivity index (χ1n) is 7.25. The molecular weight excluding hydrogens is 344 g/mol. The molecule has 3 aromatic heterocycles. The predicted octanol–water partition coefficient (Wildman–Crippen LogP) is 4.05. The number of fused-ring (bicyclic) bond motifs is 1. The summed E-state index contributed by atoms with van der Waals surface area (Å²) in [6.45, 7) is 0.737. The Balaban J connectivity index is 1.76. The summed E-state index contributed by atoms with van der Waals surface area (Å²) in [6.07, 6.45) is 3.21. The molecule has 0 radical (unpaired) electrons. The van der Waals surface area contributed by atoms with Crippen LogP contribution >= 0.6 is 23.1 Å². The van der Waals surface area contributed by atoms with Crippen molar-refractivity contribution in [3.05, 3.63) is 47.6 Å². The molecule has 1 N–H and O–H groups in total. The van der Waals surface area contributed by atoms with Crippen molar-refractivity contribution in [3.8, 4) is 27.6 Å². The van der Waals surface area contributed by atoms with E-state index < -0.39 is 5.97 Å². The summed E-state index contributed by atoms with van der Waals surface area (Å²) in [7, 11) is 0. The lowest BCUT2D eigenvalue weighted by molar-refractivity contribution is 0.0697. The number of carboxylic acid groups (broad SMARTS) is 1. The molecule has 4 rings (SSSR count). The number of hydrogen-bond donors (Lipinski definition) is 1. The van der Waals surface area contributed by atoms with Crippen LogP contribution in [-0.2, 0) is 0 Å². The molecule has 0 aliphatic carbocycles. The van der Waals surface area contributed by atoms with Gasteiger partial charge in [0.2, 0.25) is 0 Å². The number of thioether (sulfide) groups is 1. The third-order valence-electron chi connectivity index (χ3n) is 3.59.